The molecule has 1 saturated heterocycles. The van der Waals surface area contributed by atoms with E-state index < -0.39 is 0 Å². The number of hydrogen-bond acceptors (Lipinski definition) is 4. The third-order valence-corrected chi connectivity index (χ3v) is 5.59. The predicted molar refractivity (Wildman–Crippen MR) is 104 cm³/mol. The molecule has 2 aliphatic rings. The molecule has 0 saturated carbocycles. The molecule has 1 N–H and O–H groups in total. The van der Waals surface area contributed by atoms with Crippen LogP contribution in [0.2, 0.25) is 0 Å². The van der Waals surface area contributed by atoms with Gasteiger partial charge in [0.05, 0.1) is 18.9 Å². The minimum absolute atomic E-state index is 0.0549. The van der Waals surface area contributed by atoms with E-state index in [-0.39, 0.29) is 12.1 Å². The highest BCUT2D eigenvalue weighted by Crippen LogP contribution is 2.29. The third-order valence-electron chi connectivity index (χ3n) is 4.64. The number of nitrogens with one attached hydrogen (secondary N) is 1. The van der Waals surface area contributed by atoms with E-state index in [9.17, 15) is 4.79 Å². The van der Waals surface area contributed by atoms with Gasteiger partial charge >= 0.3 is 6.03 Å². The van der Waals surface area contributed by atoms with Crippen LogP contribution in [0.3, 0.4) is 0 Å². The first kappa shape index (κ1) is 17.1. The molecule has 1 aromatic carbocycles. The standard InChI is InChI=1S/C20H22N2O3S/c23-20(22-10-7-15(8-11-22)19-6-3-13-26-19)21-17-4-1-2-5-18(17)25-16-9-12-24-14-16/h1-7,13,16H,8-12,14H2,(H,21,23). The Kier molecular flexibility index (Phi) is 5.22. The minimum Gasteiger partial charge on any atom is -0.486 e. The number of nitrogens with zero attached hydrogens (tertiary/aromatic N) is 1. The Morgan fingerprint density at radius 3 is 2.92 bits per heavy atom. The van der Waals surface area contributed by atoms with Gasteiger partial charge in [0, 0.05) is 24.4 Å². The number of urea groups is 1. The highest BCUT2D eigenvalue weighted by molar-refractivity contribution is 7.11. The first-order valence-electron chi connectivity index (χ1n) is 8.92. The van der Waals surface area contributed by atoms with Crippen molar-refractivity contribution in [3.63, 3.8) is 0 Å². The number of rotatable bonds is 4. The number of ether oxygens (including phenoxy) is 2. The van der Waals surface area contributed by atoms with Gasteiger partial charge in [-0.25, -0.2) is 4.79 Å². The van der Waals surface area contributed by atoms with Crippen molar-refractivity contribution in [1.29, 1.82) is 0 Å². The highest BCUT2D eigenvalue weighted by Gasteiger charge is 2.21. The van der Waals surface area contributed by atoms with Crippen LogP contribution in [0.5, 0.6) is 5.75 Å². The van der Waals surface area contributed by atoms with E-state index in [0.717, 1.165) is 26.0 Å². The zero-order chi connectivity index (χ0) is 17.8. The van der Waals surface area contributed by atoms with Crippen LogP contribution in [0, 0.1) is 0 Å². The fourth-order valence-electron chi connectivity index (χ4n) is 3.19. The molecule has 0 bridgehead atoms. The molecule has 2 aliphatic heterocycles. The number of carbonyl (C=O) groups excluding carboxylic acids is 1. The second-order valence-corrected chi connectivity index (χ2v) is 7.38. The molecule has 26 heavy (non-hydrogen) atoms. The molecule has 1 fully saturated rings. The van der Waals surface area contributed by atoms with Gasteiger partial charge in [-0.2, -0.15) is 0 Å². The van der Waals surface area contributed by atoms with Crippen LogP contribution in [-0.2, 0) is 4.74 Å². The van der Waals surface area contributed by atoms with E-state index in [4.69, 9.17) is 9.47 Å². The van der Waals surface area contributed by atoms with Crippen LogP contribution in [0.15, 0.2) is 47.9 Å². The summed E-state index contributed by atoms with van der Waals surface area (Å²) < 4.78 is 11.4. The number of carbonyl (C=O) groups is 1. The van der Waals surface area contributed by atoms with Crippen molar-refractivity contribution in [1.82, 2.24) is 4.90 Å². The van der Waals surface area contributed by atoms with E-state index in [1.807, 2.05) is 29.2 Å². The molecular formula is C20H22N2O3S. The number of thiophene rings is 1. The fourth-order valence-corrected chi connectivity index (χ4v) is 3.99. The summed E-state index contributed by atoms with van der Waals surface area (Å²) >= 11 is 1.74. The van der Waals surface area contributed by atoms with E-state index in [1.165, 1.54) is 10.5 Å². The summed E-state index contributed by atoms with van der Waals surface area (Å²) in [5, 5.41) is 5.08. The zero-order valence-electron chi connectivity index (χ0n) is 14.5. The Hall–Kier alpha value is -2.31. The summed E-state index contributed by atoms with van der Waals surface area (Å²) in [7, 11) is 0. The summed E-state index contributed by atoms with van der Waals surface area (Å²) in [6.07, 6.45) is 3.96. The maximum atomic E-state index is 12.7. The monoisotopic (exact) mass is 370 g/mol. The second-order valence-electron chi connectivity index (χ2n) is 6.43. The lowest BCUT2D eigenvalue weighted by atomic mass is 10.1. The fraction of sp³-hybridized carbons (Fsp3) is 0.350. The van der Waals surface area contributed by atoms with Gasteiger partial charge in [-0.05, 0) is 35.6 Å². The Morgan fingerprint density at radius 1 is 1.27 bits per heavy atom. The number of para-hydroxylation sites is 2. The second kappa shape index (κ2) is 7.93. The number of amides is 2. The molecule has 0 aliphatic carbocycles. The van der Waals surface area contributed by atoms with Gasteiger partial charge < -0.3 is 19.7 Å². The molecule has 1 unspecified atom stereocenters. The minimum atomic E-state index is -0.0924. The lowest BCUT2D eigenvalue weighted by molar-refractivity contribution is 0.142. The molecule has 0 spiro atoms. The Labute approximate surface area is 157 Å². The third kappa shape index (κ3) is 3.92. The highest BCUT2D eigenvalue weighted by atomic mass is 32.1. The lowest BCUT2D eigenvalue weighted by Crippen LogP contribution is -2.38. The molecule has 6 heteroatoms. The van der Waals surface area contributed by atoms with Crippen LogP contribution in [-0.4, -0.2) is 43.3 Å². The Balaban J connectivity index is 1.39. The largest absolute Gasteiger partial charge is 0.486 e. The topological polar surface area (TPSA) is 50.8 Å². The SMILES string of the molecule is O=C(Nc1ccccc1OC1CCOC1)N1CC=C(c2cccs2)CC1. The molecule has 136 valence electrons. The number of hydrogen-bond donors (Lipinski definition) is 1. The van der Waals surface area contributed by atoms with Crippen molar-refractivity contribution >= 4 is 28.6 Å². The summed E-state index contributed by atoms with van der Waals surface area (Å²) in [5.74, 6) is 0.697. The maximum Gasteiger partial charge on any atom is 0.322 e. The van der Waals surface area contributed by atoms with Crippen molar-refractivity contribution in [3.05, 3.63) is 52.7 Å². The van der Waals surface area contributed by atoms with E-state index in [1.54, 1.807) is 11.3 Å². The Bertz CT molecular complexity index is 782. The van der Waals surface area contributed by atoms with E-state index in [2.05, 4.69) is 28.9 Å². The quantitative estimate of drug-likeness (QED) is 0.876. The van der Waals surface area contributed by atoms with Crippen LogP contribution >= 0.6 is 11.3 Å². The summed E-state index contributed by atoms with van der Waals surface area (Å²) in [6, 6.07) is 11.7. The van der Waals surface area contributed by atoms with Gasteiger partial charge in [-0.1, -0.05) is 24.3 Å². The first-order chi connectivity index (χ1) is 12.8. The molecule has 2 aromatic rings. The van der Waals surface area contributed by atoms with Gasteiger partial charge in [0.2, 0.25) is 0 Å². The zero-order valence-corrected chi connectivity index (χ0v) is 15.3. The lowest BCUT2D eigenvalue weighted by Gasteiger charge is -2.27. The molecule has 1 atom stereocenters. The summed E-state index contributed by atoms with van der Waals surface area (Å²) in [6.45, 7) is 2.67. The molecule has 5 nitrogen and oxygen atoms in total. The van der Waals surface area contributed by atoms with Gasteiger partial charge in [0.25, 0.3) is 0 Å². The Morgan fingerprint density at radius 2 is 2.19 bits per heavy atom. The van der Waals surface area contributed by atoms with E-state index >= 15 is 0 Å². The van der Waals surface area contributed by atoms with Gasteiger partial charge in [-0.3, -0.25) is 0 Å². The number of anilines is 1. The van der Waals surface area contributed by atoms with Crippen molar-refractivity contribution in [2.75, 3.05) is 31.6 Å². The van der Waals surface area contributed by atoms with Gasteiger partial charge in [0.1, 0.15) is 11.9 Å². The van der Waals surface area contributed by atoms with Crippen LogP contribution in [0.25, 0.3) is 5.57 Å². The molecular weight excluding hydrogens is 348 g/mol. The van der Waals surface area contributed by atoms with Crippen LogP contribution < -0.4 is 10.1 Å². The first-order valence-corrected chi connectivity index (χ1v) is 9.80. The molecule has 4 rings (SSSR count). The summed E-state index contributed by atoms with van der Waals surface area (Å²) in [5.41, 5.74) is 2.03. The van der Waals surface area contributed by atoms with Crippen molar-refractivity contribution in [3.8, 4) is 5.75 Å². The molecule has 0 radical (unpaired) electrons. The van der Waals surface area contributed by atoms with Gasteiger partial charge in [-0.15, -0.1) is 11.3 Å². The predicted octanol–water partition coefficient (Wildman–Crippen LogP) is 4.24. The van der Waals surface area contributed by atoms with Gasteiger partial charge in [0.15, 0.2) is 0 Å². The molecule has 2 amide bonds. The smallest absolute Gasteiger partial charge is 0.322 e. The molecule has 3 heterocycles. The maximum absolute atomic E-state index is 12.7. The van der Waals surface area contributed by atoms with Crippen LogP contribution in [0.1, 0.15) is 17.7 Å². The average Bonchev–Trinajstić information content (AvgIpc) is 3.37. The normalized spacial score (nSPS) is 19.9. The molecule has 1 aromatic heterocycles. The number of benzene rings is 1. The van der Waals surface area contributed by atoms with Crippen molar-refractivity contribution < 1.29 is 14.3 Å². The van der Waals surface area contributed by atoms with Crippen molar-refractivity contribution in [2.45, 2.75) is 18.9 Å². The average molecular weight is 370 g/mol. The van der Waals surface area contributed by atoms with Crippen molar-refractivity contribution in [2.24, 2.45) is 0 Å². The van der Waals surface area contributed by atoms with Crippen LogP contribution in [0.4, 0.5) is 10.5 Å². The summed E-state index contributed by atoms with van der Waals surface area (Å²) in [4.78, 5) is 15.8. The van der Waals surface area contributed by atoms with E-state index in [0.29, 0.717) is 24.6 Å².